The van der Waals surface area contributed by atoms with Crippen molar-refractivity contribution in [2.24, 2.45) is 5.73 Å². The Morgan fingerprint density at radius 3 is 2.00 bits per heavy atom. The van der Waals surface area contributed by atoms with Gasteiger partial charge in [0.2, 0.25) is 11.7 Å². The second-order valence-corrected chi connectivity index (χ2v) is 5.99. The number of amides is 1. The van der Waals surface area contributed by atoms with Crippen LogP contribution in [0.1, 0.15) is 11.6 Å². The van der Waals surface area contributed by atoms with Crippen LogP contribution in [0.2, 0.25) is 0 Å². The third kappa shape index (κ3) is 2.97. The summed E-state index contributed by atoms with van der Waals surface area (Å²) in [4.78, 5) is 14.0. The molecule has 8 heteroatoms. The number of rotatable bonds is 6. The van der Waals surface area contributed by atoms with Crippen molar-refractivity contribution < 1.29 is 28.8 Å². The highest BCUT2D eigenvalue weighted by Crippen LogP contribution is 2.46. The third-order valence-electron chi connectivity index (χ3n) is 4.61. The van der Waals surface area contributed by atoms with Crippen LogP contribution in [0.15, 0.2) is 30.3 Å². The number of benzene rings is 2. The van der Waals surface area contributed by atoms with Gasteiger partial charge in [0, 0.05) is 12.1 Å². The first-order chi connectivity index (χ1) is 13.0. The molecule has 1 amide bonds. The van der Waals surface area contributed by atoms with Crippen LogP contribution in [0.3, 0.4) is 0 Å². The van der Waals surface area contributed by atoms with E-state index in [4.69, 9.17) is 24.7 Å². The second-order valence-electron chi connectivity index (χ2n) is 5.99. The zero-order chi connectivity index (χ0) is 19.7. The number of β-lactam (4-membered cyclic amide) rings is 1. The molecule has 0 aliphatic carbocycles. The van der Waals surface area contributed by atoms with Gasteiger partial charge in [-0.1, -0.05) is 6.07 Å². The average molecular weight is 374 g/mol. The van der Waals surface area contributed by atoms with Crippen molar-refractivity contribution in [2.45, 2.75) is 12.1 Å². The number of ether oxygens (including phenoxy) is 4. The Labute approximate surface area is 157 Å². The van der Waals surface area contributed by atoms with Gasteiger partial charge < -0.3 is 34.7 Å². The molecule has 2 atom stereocenters. The molecule has 1 fully saturated rings. The summed E-state index contributed by atoms with van der Waals surface area (Å²) < 4.78 is 21.1. The number of nitrogens with two attached hydrogens (primary N) is 1. The van der Waals surface area contributed by atoms with Gasteiger partial charge in [-0.15, -0.1) is 0 Å². The number of carbonyl (C=O) groups is 1. The Morgan fingerprint density at radius 2 is 1.52 bits per heavy atom. The van der Waals surface area contributed by atoms with Gasteiger partial charge in [0.25, 0.3) is 0 Å². The molecule has 0 bridgehead atoms. The maximum atomic E-state index is 12.5. The Hall–Kier alpha value is -3.13. The number of phenolic OH excluding ortho intramolecular Hbond substituents is 1. The molecule has 0 unspecified atom stereocenters. The highest BCUT2D eigenvalue weighted by molar-refractivity contribution is 6.06. The normalized spacial score (nSPS) is 18.7. The van der Waals surface area contributed by atoms with E-state index in [1.54, 1.807) is 30.3 Å². The number of anilines is 1. The second kappa shape index (κ2) is 7.24. The van der Waals surface area contributed by atoms with Gasteiger partial charge >= 0.3 is 0 Å². The highest BCUT2D eigenvalue weighted by atomic mass is 16.5. The van der Waals surface area contributed by atoms with Gasteiger partial charge in [-0.05, 0) is 17.7 Å². The first kappa shape index (κ1) is 18.7. The number of aromatic hydroxyl groups is 1. The Morgan fingerprint density at radius 1 is 0.926 bits per heavy atom. The van der Waals surface area contributed by atoms with Crippen molar-refractivity contribution >= 4 is 11.6 Å². The summed E-state index contributed by atoms with van der Waals surface area (Å²) in [5.74, 6) is 1.36. The van der Waals surface area contributed by atoms with Gasteiger partial charge in [0.1, 0.15) is 6.04 Å². The standard InChI is InChI=1S/C19H22N2O6/c1-24-13-6-5-10(7-12(13)22)17-16(20)19(23)21(17)11-8-14(25-2)18(27-4)15(9-11)26-3/h5-9,16-17,22H,20H2,1-4H3/t16-,17-/m0/s1. The average Bonchev–Trinajstić information content (AvgIpc) is 2.69. The van der Waals surface area contributed by atoms with Crippen LogP contribution in [0.25, 0.3) is 0 Å². The van der Waals surface area contributed by atoms with Crippen LogP contribution < -0.4 is 29.6 Å². The lowest BCUT2D eigenvalue weighted by Gasteiger charge is -2.45. The molecule has 1 heterocycles. The van der Waals surface area contributed by atoms with E-state index in [2.05, 4.69) is 0 Å². The molecule has 8 nitrogen and oxygen atoms in total. The van der Waals surface area contributed by atoms with Crippen molar-refractivity contribution in [3.05, 3.63) is 35.9 Å². The zero-order valence-electron chi connectivity index (χ0n) is 15.6. The van der Waals surface area contributed by atoms with Crippen molar-refractivity contribution in [3.63, 3.8) is 0 Å². The molecule has 1 aliphatic heterocycles. The SMILES string of the molecule is COc1ccc([C@H]2[C@H](N)C(=O)N2c2cc(OC)c(OC)c(OC)c2)cc1O. The number of hydrogen-bond donors (Lipinski definition) is 2. The molecule has 2 aromatic carbocycles. The quantitative estimate of drug-likeness (QED) is 0.744. The molecule has 2 aromatic rings. The number of phenols is 1. The highest BCUT2D eigenvalue weighted by Gasteiger charge is 2.47. The Kier molecular flexibility index (Phi) is 5.00. The molecule has 144 valence electrons. The van der Waals surface area contributed by atoms with Crippen molar-refractivity contribution in [1.29, 1.82) is 0 Å². The molecule has 0 radical (unpaired) electrons. The fourth-order valence-electron chi connectivity index (χ4n) is 3.25. The summed E-state index contributed by atoms with van der Waals surface area (Å²) in [7, 11) is 5.98. The van der Waals surface area contributed by atoms with Gasteiger partial charge in [-0.25, -0.2) is 0 Å². The van der Waals surface area contributed by atoms with Crippen molar-refractivity contribution in [1.82, 2.24) is 0 Å². The molecule has 27 heavy (non-hydrogen) atoms. The minimum Gasteiger partial charge on any atom is -0.504 e. The van der Waals surface area contributed by atoms with Crippen LogP contribution in [-0.2, 0) is 4.79 Å². The maximum Gasteiger partial charge on any atom is 0.247 e. The first-order valence-corrected chi connectivity index (χ1v) is 8.22. The predicted octanol–water partition coefficient (Wildman–Crippen LogP) is 1.84. The van der Waals surface area contributed by atoms with Crippen LogP contribution in [-0.4, -0.2) is 45.5 Å². The lowest BCUT2D eigenvalue weighted by molar-refractivity contribution is -0.126. The third-order valence-corrected chi connectivity index (χ3v) is 4.61. The summed E-state index contributed by atoms with van der Waals surface area (Å²) >= 11 is 0. The van der Waals surface area contributed by atoms with E-state index in [0.717, 1.165) is 0 Å². The van der Waals surface area contributed by atoms with Crippen LogP contribution in [0.5, 0.6) is 28.7 Å². The zero-order valence-corrected chi connectivity index (χ0v) is 15.6. The number of methoxy groups -OCH3 is 4. The van der Waals surface area contributed by atoms with Gasteiger partial charge in [0.15, 0.2) is 23.0 Å². The Balaban J connectivity index is 2.05. The van der Waals surface area contributed by atoms with E-state index >= 15 is 0 Å². The lowest BCUT2D eigenvalue weighted by atomic mass is 9.88. The Bertz CT molecular complexity index is 844. The van der Waals surface area contributed by atoms with Crippen molar-refractivity contribution in [3.8, 4) is 28.7 Å². The monoisotopic (exact) mass is 374 g/mol. The topological polar surface area (TPSA) is 103 Å². The summed E-state index contributed by atoms with van der Waals surface area (Å²) in [5.41, 5.74) is 7.29. The largest absolute Gasteiger partial charge is 0.504 e. The van der Waals surface area contributed by atoms with Gasteiger partial charge in [0.05, 0.1) is 40.2 Å². The van der Waals surface area contributed by atoms with Crippen LogP contribution >= 0.6 is 0 Å². The van der Waals surface area contributed by atoms with E-state index in [0.29, 0.717) is 34.2 Å². The molecule has 3 rings (SSSR count). The number of nitrogens with zero attached hydrogens (tertiary/aromatic N) is 1. The summed E-state index contributed by atoms with van der Waals surface area (Å²) in [6.45, 7) is 0. The molecule has 0 aromatic heterocycles. The van der Waals surface area contributed by atoms with E-state index in [9.17, 15) is 9.90 Å². The van der Waals surface area contributed by atoms with E-state index in [1.807, 2.05) is 0 Å². The summed E-state index contributed by atoms with van der Waals surface area (Å²) in [5, 5.41) is 10.1. The molecule has 0 saturated carbocycles. The summed E-state index contributed by atoms with van der Waals surface area (Å²) in [6, 6.07) is 7.13. The molecular formula is C19H22N2O6. The summed E-state index contributed by atoms with van der Waals surface area (Å²) in [6.07, 6.45) is 0. The van der Waals surface area contributed by atoms with E-state index in [1.165, 1.54) is 33.3 Å². The van der Waals surface area contributed by atoms with Crippen LogP contribution in [0, 0.1) is 0 Å². The maximum absolute atomic E-state index is 12.5. The molecular weight excluding hydrogens is 352 g/mol. The molecule has 1 aliphatic rings. The van der Waals surface area contributed by atoms with E-state index in [-0.39, 0.29) is 11.7 Å². The van der Waals surface area contributed by atoms with Crippen molar-refractivity contribution in [2.75, 3.05) is 33.3 Å². The minimum absolute atomic E-state index is 0.0219. The fourth-order valence-corrected chi connectivity index (χ4v) is 3.25. The van der Waals surface area contributed by atoms with E-state index < -0.39 is 12.1 Å². The van der Waals surface area contributed by atoms with Gasteiger partial charge in [-0.3, -0.25) is 4.79 Å². The predicted molar refractivity (Wildman–Crippen MR) is 99.0 cm³/mol. The first-order valence-electron chi connectivity index (χ1n) is 8.22. The molecule has 0 spiro atoms. The van der Waals surface area contributed by atoms with Crippen LogP contribution in [0.4, 0.5) is 5.69 Å². The fraction of sp³-hybridized carbons (Fsp3) is 0.316. The minimum atomic E-state index is -0.725. The number of carbonyl (C=O) groups excluding carboxylic acids is 1. The van der Waals surface area contributed by atoms with Gasteiger partial charge in [-0.2, -0.15) is 0 Å². The molecule has 1 saturated heterocycles. The number of hydrogen-bond acceptors (Lipinski definition) is 7. The smallest absolute Gasteiger partial charge is 0.247 e. The lowest BCUT2D eigenvalue weighted by Crippen LogP contribution is -2.63. The molecule has 3 N–H and O–H groups in total.